The summed E-state index contributed by atoms with van der Waals surface area (Å²) in [6, 6.07) is 10.3. The molecule has 1 atom stereocenters. The first-order chi connectivity index (χ1) is 15.8. The molecule has 0 fully saturated rings. The molecule has 0 saturated heterocycles. The van der Waals surface area contributed by atoms with Crippen LogP contribution < -0.4 is 24.5 Å². The number of esters is 1. The topological polar surface area (TPSA) is 86.3 Å². The predicted octanol–water partition coefficient (Wildman–Crippen LogP) is 2.47. The lowest BCUT2D eigenvalue weighted by Gasteiger charge is -2.24. The number of carbonyl (C=O) groups excluding carboxylic acids is 1. The third-order valence-corrected chi connectivity index (χ3v) is 6.24. The Labute approximate surface area is 194 Å². The number of thiazole rings is 1. The van der Waals surface area contributed by atoms with Gasteiger partial charge in [0.05, 0.1) is 35.6 Å². The molecule has 1 aliphatic heterocycles. The molecule has 33 heavy (non-hydrogen) atoms. The molecule has 0 bridgehead atoms. The molecule has 0 amide bonds. The average molecular weight is 468 g/mol. The van der Waals surface area contributed by atoms with Gasteiger partial charge in [-0.05, 0) is 37.6 Å². The lowest BCUT2D eigenvalue weighted by molar-refractivity contribution is -0.139. The molecular weight excluding hydrogens is 442 g/mol. The maximum Gasteiger partial charge on any atom is 0.338 e. The summed E-state index contributed by atoms with van der Waals surface area (Å²) < 4.78 is 18.5. The van der Waals surface area contributed by atoms with E-state index in [-0.39, 0.29) is 12.2 Å². The van der Waals surface area contributed by atoms with Crippen LogP contribution in [0, 0.1) is 0 Å². The van der Waals surface area contributed by atoms with Gasteiger partial charge in [0, 0.05) is 26.2 Å². The van der Waals surface area contributed by atoms with Gasteiger partial charge in [0.1, 0.15) is 11.5 Å². The molecular formula is C24H25N3O5S. The fourth-order valence-electron chi connectivity index (χ4n) is 3.71. The number of hydrogen-bond acceptors (Lipinski definition) is 8. The maximum absolute atomic E-state index is 13.6. The van der Waals surface area contributed by atoms with E-state index in [4.69, 9.17) is 13.9 Å². The highest BCUT2D eigenvalue weighted by atomic mass is 32.1. The number of aromatic nitrogens is 1. The third-order valence-electron chi connectivity index (χ3n) is 5.25. The largest absolute Gasteiger partial charge is 0.497 e. The lowest BCUT2D eigenvalue weighted by atomic mass is 9.95. The molecule has 3 heterocycles. The summed E-state index contributed by atoms with van der Waals surface area (Å²) in [5.74, 6) is 1.37. The van der Waals surface area contributed by atoms with E-state index in [9.17, 15) is 9.59 Å². The Morgan fingerprint density at radius 2 is 2.09 bits per heavy atom. The Morgan fingerprint density at radius 1 is 1.30 bits per heavy atom. The van der Waals surface area contributed by atoms with Crippen LogP contribution >= 0.6 is 11.3 Å². The molecule has 172 valence electrons. The fourth-order valence-corrected chi connectivity index (χ4v) is 4.73. The highest BCUT2D eigenvalue weighted by Gasteiger charge is 2.33. The number of carbonyl (C=O) groups is 1. The van der Waals surface area contributed by atoms with Crippen molar-refractivity contribution in [1.29, 1.82) is 0 Å². The zero-order valence-electron chi connectivity index (χ0n) is 19.1. The van der Waals surface area contributed by atoms with E-state index in [1.54, 1.807) is 31.6 Å². The van der Waals surface area contributed by atoms with Crippen molar-refractivity contribution in [2.45, 2.75) is 19.9 Å². The van der Waals surface area contributed by atoms with E-state index >= 15 is 0 Å². The normalized spacial score (nSPS) is 15.8. The molecule has 9 heteroatoms. The van der Waals surface area contributed by atoms with Crippen molar-refractivity contribution < 1.29 is 18.7 Å². The van der Waals surface area contributed by atoms with Crippen molar-refractivity contribution in [2.24, 2.45) is 4.99 Å². The second kappa shape index (κ2) is 9.11. The van der Waals surface area contributed by atoms with E-state index < -0.39 is 12.0 Å². The van der Waals surface area contributed by atoms with Crippen molar-refractivity contribution in [3.8, 4) is 5.75 Å². The van der Waals surface area contributed by atoms with Crippen LogP contribution in [0.1, 0.15) is 31.2 Å². The number of ether oxygens (including phenoxy) is 2. The summed E-state index contributed by atoms with van der Waals surface area (Å²) in [6.45, 7) is 3.72. The van der Waals surface area contributed by atoms with Crippen LogP contribution in [0.5, 0.6) is 5.75 Å². The first-order valence-electron chi connectivity index (χ1n) is 10.4. The molecule has 0 N–H and O–H groups in total. The highest BCUT2D eigenvalue weighted by molar-refractivity contribution is 7.07. The summed E-state index contributed by atoms with van der Waals surface area (Å²) in [6.07, 6.45) is 1.70. The smallest absolute Gasteiger partial charge is 0.338 e. The number of fused-ring (bicyclic) bond motifs is 1. The minimum atomic E-state index is -0.688. The number of methoxy groups -OCH3 is 1. The minimum absolute atomic E-state index is 0.220. The van der Waals surface area contributed by atoms with Crippen molar-refractivity contribution in [1.82, 2.24) is 4.57 Å². The summed E-state index contributed by atoms with van der Waals surface area (Å²) in [4.78, 5) is 33.4. The van der Waals surface area contributed by atoms with Gasteiger partial charge in [-0.3, -0.25) is 9.36 Å². The average Bonchev–Trinajstić information content (AvgIpc) is 3.38. The summed E-state index contributed by atoms with van der Waals surface area (Å²) >= 11 is 1.25. The molecule has 3 aromatic rings. The van der Waals surface area contributed by atoms with Gasteiger partial charge >= 0.3 is 5.97 Å². The summed E-state index contributed by atoms with van der Waals surface area (Å²) in [5, 5.41) is 0. The summed E-state index contributed by atoms with van der Waals surface area (Å²) in [7, 11) is 5.33. The van der Waals surface area contributed by atoms with Gasteiger partial charge in [0.2, 0.25) is 0 Å². The molecule has 4 rings (SSSR count). The number of rotatable bonds is 6. The Kier molecular flexibility index (Phi) is 6.24. The summed E-state index contributed by atoms with van der Waals surface area (Å²) in [5.41, 5.74) is 1.31. The molecule has 0 radical (unpaired) electrons. The van der Waals surface area contributed by atoms with Crippen LogP contribution in [-0.2, 0) is 9.53 Å². The number of benzene rings is 1. The van der Waals surface area contributed by atoms with Gasteiger partial charge in [-0.2, -0.15) is 0 Å². The van der Waals surface area contributed by atoms with Crippen LogP contribution in [-0.4, -0.2) is 38.3 Å². The second-order valence-electron chi connectivity index (χ2n) is 7.65. The number of hydrogen-bond donors (Lipinski definition) is 0. The Balaban J connectivity index is 1.93. The monoisotopic (exact) mass is 467 g/mol. The second-order valence-corrected chi connectivity index (χ2v) is 8.66. The van der Waals surface area contributed by atoms with Gasteiger partial charge < -0.3 is 18.8 Å². The van der Waals surface area contributed by atoms with Crippen LogP contribution in [0.3, 0.4) is 0 Å². The van der Waals surface area contributed by atoms with Crippen molar-refractivity contribution >= 4 is 29.3 Å². The number of allylic oxidation sites excluding steroid dienone is 1. The van der Waals surface area contributed by atoms with E-state index in [1.165, 1.54) is 11.3 Å². The van der Waals surface area contributed by atoms with E-state index in [2.05, 4.69) is 4.99 Å². The van der Waals surface area contributed by atoms with Gasteiger partial charge in [0.15, 0.2) is 10.7 Å². The maximum atomic E-state index is 13.6. The fraction of sp³-hybridized carbons (Fsp3) is 0.292. The number of furan rings is 1. The molecule has 0 saturated carbocycles. The van der Waals surface area contributed by atoms with Crippen molar-refractivity contribution in [3.63, 3.8) is 0 Å². The van der Waals surface area contributed by atoms with Crippen molar-refractivity contribution in [3.05, 3.63) is 78.7 Å². The van der Waals surface area contributed by atoms with Crippen LogP contribution in [0.15, 0.2) is 61.9 Å². The third kappa shape index (κ3) is 4.23. The minimum Gasteiger partial charge on any atom is -0.497 e. The van der Waals surface area contributed by atoms with Gasteiger partial charge in [0.25, 0.3) is 5.56 Å². The number of anilines is 1. The Hall–Kier alpha value is -3.59. The molecule has 1 aliphatic rings. The zero-order chi connectivity index (χ0) is 23.7. The lowest BCUT2D eigenvalue weighted by Crippen LogP contribution is -2.39. The van der Waals surface area contributed by atoms with Crippen LogP contribution in [0.4, 0.5) is 5.88 Å². The number of nitrogens with zero attached hydrogens (tertiary/aromatic N) is 3. The van der Waals surface area contributed by atoms with Crippen LogP contribution in [0.25, 0.3) is 6.08 Å². The van der Waals surface area contributed by atoms with Gasteiger partial charge in [-0.25, -0.2) is 9.79 Å². The molecule has 8 nitrogen and oxygen atoms in total. The Bertz CT molecular complexity index is 1410. The molecule has 2 aromatic heterocycles. The molecule has 1 aromatic carbocycles. The molecule has 0 aliphatic carbocycles. The first kappa shape index (κ1) is 22.6. The predicted molar refractivity (Wildman–Crippen MR) is 126 cm³/mol. The Morgan fingerprint density at radius 3 is 2.76 bits per heavy atom. The van der Waals surface area contributed by atoms with Gasteiger partial charge in [-0.1, -0.05) is 23.5 Å². The van der Waals surface area contributed by atoms with E-state index in [1.807, 2.05) is 55.4 Å². The van der Waals surface area contributed by atoms with Crippen LogP contribution in [0.2, 0.25) is 0 Å². The highest BCUT2D eigenvalue weighted by Crippen LogP contribution is 2.32. The van der Waals surface area contributed by atoms with Gasteiger partial charge in [-0.15, -0.1) is 0 Å². The quantitative estimate of drug-likeness (QED) is 0.518. The standard InChI is InChI=1S/C24H25N3O5S/c1-6-31-23(29)20-14(2)25-24-27(21(20)15-8-7-9-16(12-15)30-5)22(28)18(33-24)13-17-10-11-19(32-17)26(3)4/h7-13,21H,6H2,1-5H3/b18-13-/t21-/m1/s1. The molecule has 0 spiro atoms. The SMILES string of the molecule is CCOC(=O)C1=C(C)N=c2s/c(=C\c3ccc(N(C)C)o3)c(=O)n2[C@@H]1c1cccc(OC)c1. The van der Waals surface area contributed by atoms with Crippen molar-refractivity contribution in [2.75, 3.05) is 32.7 Å². The first-order valence-corrected chi connectivity index (χ1v) is 11.3. The van der Waals surface area contributed by atoms with E-state index in [0.29, 0.717) is 38.0 Å². The molecule has 0 unspecified atom stereocenters. The van der Waals surface area contributed by atoms with E-state index in [0.717, 1.165) is 5.56 Å². The zero-order valence-corrected chi connectivity index (χ0v) is 19.9.